The molecule has 0 aliphatic carbocycles. The highest BCUT2D eigenvalue weighted by Crippen LogP contribution is 2.24. The molecular formula is C18H21ClN2O3S. The summed E-state index contributed by atoms with van der Waals surface area (Å²) in [5.74, 6) is -0.360. The first kappa shape index (κ1) is 19.3. The first-order valence-electron chi connectivity index (χ1n) is 7.85. The summed E-state index contributed by atoms with van der Waals surface area (Å²) < 4.78 is 25.5. The molecule has 0 aromatic heterocycles. The summed E-state index contributed by atoms with van der Waals surface area (Å²) in [6, 6.07) is 15.3. The van der Waals surface area contributed by atoms with E-state index in [1.54, 1.807) is 25.1 Å². The third-order valence-electron chi connectivity index (χ3n) is 3.71. The number of carbonyl (C=O) groups is 1. The van der Waals surface area contributed by atoms with Crippen LogP contribution >= 0.6 is 11.6 Å². The molecule has 0 spiro atoms. The van der Waals surface area contributed by atoms with Crippen LogP contribution in [0.5, 0.6) is 0 Å². The van der Waals surface area contributed by atoms with E-state index in [4.69, 9.17) is 11.6 Å². The summed E-state index contributed by atoms with van der Waals surface area (Å²) in [5, 5.41) is 3.20. The Balaban J connectivity index is 2.08. The van der Waals surface area contributed by atoms with Crippen molar-refractivity contribution >= 4 is 33.2 Å². The van der Waals surface area contributed by atoms with E-state index in [1.165, 1.54) is 6.07 Å². The summed E-state index contributed by atoms with van der Waals surface area (Å²) in [6.45, 7) is 1.99. The molecule has 7 heteroatoms. The maximum Gasteiger partial charge on any atom is 0.243 e. The molecule has 1 N–H and O–H groups in total. The molecule has 2 aromatic carbocycles. The number of hydrogen-bond donors (Lipinski definition) is 1. The average Bonchev–Trinajstić information content (AvgIpc) is 2.54. The Bertz CT molecular complexity index is 825. The number of rotatable bonds is 7. The Morgan fingerprint density at radius 1 is 1.16 bits per heavy atom. The molecular weight excluding hydrogens is 360 g/mol. The molecule has 134 valence electrons. The Morgan fingerprint density at radius 3 is 2.44 bits per heavy atom. The zero-order valence-electron chi connectivity index (χ0n) is 14.1. The Hall–Kier alpha value is -2.05. The lowest BCUT2D eigenvalue weighted by molar-refractivity contribution is -0.121. The fourth-order valence-electron chi connectivity index (χ4n) is 2.54. The monoisotopic (exact) mass is 380 g/mol. The average molecular weight is 381 g/mol. The predicted molar refractivity (Wildman–Crippen MR) is 101 cm³/mol. The summed E-state index contributed by atoms with van der Waals surface area (Å²) in [5.41, 5.74) is 1.46. The van der Waals surface area contributed by atoms with Gasteiger partial charge in [0.15, 0.2) is 0 Å². The van der Waals surface area contributed by atoms with Gasteiger partial charge in [-0.1, -0.05) is 48.0 Å². The molecule has 0 aliphatic heterocycles. The van der Waals surface area contributed by atoms with Gasteiger partial charge in [0.2, 0.25) is 15.9 Å². The summed E-state index contributed by atoms with van der Waals surface area (Å²) in [4.78, 5) is 12.4. The highest BCUT2D eigenvalue weighted by atomic mass is 35.5. The quantitative estimate of drug-likeness (QED) is 0.803. The van der Waals surface area contributed by atoms with Crippen LogP contribution in [0.2, 0.25) is 5.02 Å². The first-order valence-corrected chi connectivity index (χ1v) is 10.1. The van der Waals surface area contributed by atoms with Crippen molar-refractivity contribution in [3.8, 4) is 0 Å². The molecule has 0 saturated heterocycles. The fourth-order valence-corrected chi connectivity index (χ4v) is 3.90. The minimum absolute atomic E-state index is 0.360. The number of sulfonamides is 1. The van der Waals surface area contributed by atoms with Crippen molar-refractivity contribution in [3.63, 3.8) is 0 Å². The highest BCUT2D eigenvalue weighted by Gasteiger charge is 2.28. The van der Waals surface area contributed by atoms with Crippen LogP contribution in [-0.2, 0) is 21.2 Å². The van der Waals surface area contributed by atoms with Crippen molar-refractivity contribution in [2.75, 3.05) is 17.1 Å². The van der Waals surface area contributed by atoms with Crippen LogP contribution in [0.25, 0.3) is 0 Å². The molecule has 0 radical (unpaired) electrons. The molecule has 1 atom stereocenters. The van der Waals surface area contributed by atoms with Gasteiger partial charge in [0.1, 0.15) is 6.04 Å². The van der Waals surface area contributed by atoms with Crippen LogP contribution in [-0.4, -0.2) is 33.2 Å². The van der Waals surface area contributed by atoms with Crippen LogP contribution in [0.15, 0.2) is 54.6 Å². The lowest BCUT2D eigenvalue weighted by Gasteiger charge is -2.28. The molecule has 0 saturated carbocycles. The molecule has 0 aliphatic rings. The van der Waals surface area contributed by atoms with Crippen LogP contribution in [0.4, 0.5) is 5.69 Å². The number of halogens is 1. The number of benzene rings is 2. The van der Waals surface area contributed by atoms with Crippen molar-refractivity contribution in [3.05, 3.63) is 65.2 Å². The number of nitrogens with one attached hydrogen (secondary N) is 1. The van der Waals surface area contributed by atoms with Crippen molar-refractivity contribution < 1.29 is 13.2 Å². The number of nitrogens with zero attached hydrogens (tertiary/aromatic N) is 1. The Morgan fingerprint density at radius 2 is 1.84 bits per heavy atom. The zero-order valence-corrected chi connectivity index (χ0v) is 15.7. The van der Waals surface area contributed by atoms with Gasteiger partial charge in [-0.2, -0.15) is 0 Å². The second kappa shape index (κ2) is 8.36. The molecule has 25 heavy (non-hydrogen) atoms. The van der Waals surface area contributed by atoms with E-state index in [1.807, 2.05) is 30.3 Å². The van der Waals surface area contributed by atoms with E-state index in [0.29, 0.717) is 23.7 Å². The number of hydrogen-bond acceptors (Lipinski definition) is 3. The molecule has 1 amide bonds. The summed E-state index contributed by atoms with van der Waals surface area (Å²) in [6.07, 6.45) is 1.75. The van der Waals surface area contributed by atoms with E-state index >= 15 is 0 Å². The molecule has 0 fully saturated rings. The van der Waals surface area contributed by atoms with Crippen molar-refractivity contribution in [1.29, 1.82) is 0 Å². The smallest absolute Gasteiger partial charge is 0.243 e. The Kier molecular flexibility index (Phi) is 6.45. The third-order valence-corrected chi connectivity index (χ3v) is 5.18. The van der Waals surface area contributed by atoms with E-state index in [0.717, 1.165) is 16.1 Å². The normalized spacial score (nSPS) is 12.4. The van der Waals surface area contributed by atoms with Gasteiger partial charge in [-0.05, 0) is 37.1 Å². The van der Waals surface area contributed by atoms with E-state index < -0.39 is 16.1 Å². The predicted octanol–water partition coefficient (Wildman–Crippen LogP) is 2.85. The van der Waals surface area contributed by atoms with Crippen LogP contribution in [0.3, 0.4) is 0 Å². The van der Waals surface area contributed by atoms with Gasteiger partial charge in [0, 0.05) is 11.6 Å². The van der Waals surface area contributed by atoms with Gasteiger partial charge in [-0.3, -0.25) is 9.10 Å². The van der Waals surface area contributed by atoms with Crippen molar-refractivity contribution in [1.82, 2.24) is 5.32 Å². The molecule has 0 bridgehead atoms. The largest absolute Gasteiger partial charge is 0.354 e. The molecule has 2 rings (SSSR count). The number of amides is 1. The standard InChI is InChI=1S/C18H21ClN2O3S/c1-14(18(22)20-12-11-15-7-4-3-5-8-15)21(25(2,23)24)17-10-6-9-16(19)13-17/h3-10,13-14H,11-12H2,1-2H3,(H,20,22)/t14-/m0/s1. The van der Waals surface area contributed by atoms with Gasteiger partial charge in [-0.25, -0.2) is 8.42 Å². The van der Waals surface area contributed by atoms with Gasteiger partial charge in [0.25, 0.3) is 0 Å². The number of anilines is 1. The first-order chi connectivity index (χ1) is 11.8. The zero-order chi connectivity index (χ0) is 18.4. The lowest BCUT2D eigenvalue weighted by atomic mass is 10.1. The van der Waals surface area contributed by atoms with Crippen LogP contribution in [0.1, 0.15) is 12.5 Å². The maximum absolute atomic E-state index is 12.4. The lowest BCUT2D eigenvalue weighted by Crippen LogP contribution is -2.48. The highest BCUT2D eigenvalue weighted by molar-refractivity contribution is 7.92. The summed E-state index contributed by atoms with van der Waals surface area (Å²) in [7, 11) is -3.64. The second-order valence-corrected chi connectivity index (χ2v) is 8.04. The van der Waals surface area contributed by atoms with Crippen LogP contribution in [0, 0.1) is 0 Å². The summed E-state index contributed by atoms with van der Waals surface area (Å²) >= 11 is 5.95. The topological polar surface area (TPSA) is 66.5 Å². The van der Waals surface area contributed by atoms with Crippen molar-refractivity contribution in [2.45, 2.75) is 19.4 Å². The van der Waals surface area contributed by atoms with E-state index in [9.17, 15) is 13.2 Å². The molecule has 5 nitrogen and oxygen atoms in total. The SMILES string of the molecule is C[C@@H](C(=O)NCCc1ccccc1)N(c1cccc(Cl)c1)S(C)(=O)=O. The van der Waals surface area contributed by atoms with E-state index in [-0.39, 0.29) is 5.91 Å². The van der Waals surface area contributed by atoms with Crippen LogP contribution < -0.4 is 9.62 Å². The van der Waals surface area contributed by atoms with Gasteiger partial charge < -0.3 is 5.32 Å². The minimum atomic E-state index is -3.64. The van der Waals surface area contributed by atoms with Gasteiger partial charge >= 0.3 is 0 Å². The fraction of sp³-hybridized carbons (Fsp3) is 0.278. The van der Waals surface area contributed by atoms with Crippen molar-refractivity contribution in [2.24, 2.45) is 0 Å². The van der Waals surface area contributed by atoms with E-state index in [2.05, 4.69) is 5.32 Å². The maximum atomic E-state index is 12.4. The molecule has 0 unspecified atom stereocenters. The van der Waals surface area contributed by atoms with Gasteiger partial charge in [0.05, 0.1) is 11.9 Å². The Labute approximate surface area is 153 Å². The minimum Gasteiger partial charge on any atom is -0.354 e. The number of carbonyl (C=O) groups excluding carboxylic acids is 1. The molecule has 0 heterocycles. The van der Waals surface area contributed by atoms with Gasteiger partial charge in [-0.15, -0.1) is 0 Å². The third kappa shape index (κ3) is 5.47. The molecule has 2 aromatic rings. The second-order valence-electron chi connectivity index (χ2n) is 5.74.